The van der Waals surface area contributed by atoms with Gasteiger partial charge >= 0.3 is 0 Å². The normalized spacial score (nSPS) is 14.9. The van der Waals surface area contributed by atoms with Crippen molar-refractivity contribution in [3.63, 3.8) is 0 Å². The molecule has 5 aromatic carbocycles. The Kier molecular flexibility index (Phi) is 9.14. The fourth-order valence-corrected chi connectivity index (χ4v) is 7.40. The Balaban J connectivity index is 1.26. The summed E-state index contributed by atoms with van der Waals surface area (Å²) >= 11 is 0. The third-order valence-electron chi connectivity index (χ3n) is 10.1. The number of hydrogen-bond acceptors (Lipinski definition) is 1. The van der Waals surface area contributed by atoms with E-state index in [2.05, 4.69) is 133 Å². The minimum atomic E-state index is 0.114. The number of allylic oxidation sites excluding steroid dienone is 6. The van der Waals surface area contributed by atoms with Gasteiger partial charge < -0.3 is 14.4 Å². The molecular formula is C48H41N5. The first kappa shape index (κ1) is 33.4. The standard InChI is InChI=1S/C48H41N5/c1-4-51(3)47(37-18-9-6-10-19-37)50-48(49)52-33-46-43(31-26-34(2)41-22-11-13-24-44(41)52)42-23-12-14-25-45(42)53(46)40-29-27-36(28-30-40)39-21-15-20-38(32-39)35-16-7-5-8-17-35/h4-14,16-19,21-32,49H,1-2,15,20,33H2,3H3/b31-26-,49-48?,50-47?. The zero-order valence-corrected chi connectivity index (χ0v) is 29.9. The Morgan fingerprint density at radius 2 is 1.49 bits per heavy atom. The zero-order chi connectivity index (χ0) is 36.3. The summed E-state index contributed by atoms with van der Waals surface area (Å²) < 4.78 is 2.34. The SMILES string of the molecule is C=CN(C)C(=NC(=N)N1Cc2c(c3ccccc3n2-c2ccc(C3=CCCC(c4ccccc4)=C3)cc2)/C=C\C(=C)c2ccccc21)c1ccccc1. The third kappa shape index (κ3) is 6.49. The van der Waals surface area contributed by atoms with Gasteiger partial charge in [-0.25, -0.2) is 0 Å². The molecule has 1 aliphatic heterocycles. The highest BCUT2D eigenvalue weighted by Crippen LogP contribution is 2.38. The van der Waals surface area contributed by atoms with Crippen LogP contribution >= 0.6 is 0 Å². The maximum absolute atomic E-state index is 9.65. The number of guanidine groups is 1. The second-order valence-electron chi connectivity index (χ2n) is 13.4. The van der Waals surface area contributed by atoms with E-state index in [-0.39, 0.29) is 5.96 Å². The number of amidine groups is 1. The van der Waals surface area contributed by atoms with E-state index in [1.165, 1.54) is 22.3 Å². The van der Waals surface area contributed by atoms with E-state index in [9.17, 15) is 5.41 Å². The number of aliphatic imine (C=N–C) groups is 1. The van der Waals surface area contributed by atoms with Crippen molar-refractivity contribution in [3.8, 4) is 5.69 Å². The predicted molar refractivity (Wildman–Crippen MR) is 224 cm³/mol. The lowest BCUT2D eigenvalue weighted by molar-refractivity contribution is 0.692. The number of hydrogen-bond donors (Lipinski definition) is 1. The number of rotatable bonds is 5. The Labute approximate surface area is 311 Å². The van der Waals surface area contributed by atoms with Crippen LogP contribution in [0.2, 0.25) is 0 Å². The number of benzene rings is 5. The molecule has 0 fully saturated rings. The number of para-hydroxylation sites is 2. The van der Waals surface area contributed by atoms with Crippen LogP contribution in [0.4, 0.5) is 5.69 Å². The van der Waals surface area contributed by atoms with Gasteiger partial charge in [0.05, 0.1) is 23.4 Å². The molecule has 0 saturated heterocycles. The van der Waals surface area contributed by atoms with Crippen molar-refractivity contribution in [1.29, 1.82) is 5.41 Å². The first-order chi connectivity index (χ1) is 26.0. The molecule has 1 aliphatic carbocycles. The molecule has 0 amide bonds. The van der Waals surface area contributed by atoms with Gasteiger partial charge in [-0.1, -0.05) is 147 Å². The first-order valence-electron chi connectivity index (χ1n) is 18.0. The Hall–Kier alpha value is -6.72. The van der Waals surface area contributed by atoms with E-state index in [1.807, 2.05) is 59.3 Å². The van der Waals surface area contributed by atoms with Gasteiger partial charge in [0.1, 0.15) is 5.84 Å². The molecule has 2 heterocycles. The molecule has 5 nitrogen and oxygen atoms in total. The maximum atomic E-state index is 9.65. The quantitative estimate of drug-likeness (QED) is 0.145. The zero-order valence-electron chi connectivity index (χ0n) is 29.9. The second-order valence-corrected chi connectivity index (χ2v) is 13.4. The first-order valence-corrected chi connectivity index (χ1v) is 18.0. The number of fused-ring (bicyclic) bond motifs is 4. The third-order valence-corrected chi connectivity index (χ3v) is 10.1. The van der Waals surface area contributed by atoms with Crippen LogP contribution in [0.3, 0.4) is 0 Å². The van der Waals surface area contributed by atoms with Crippen molar-refractivity contribution in [2.45, 2.75) is 19.4 Å². The minimum Gasteiger partial charge on any atom is -0.336 e. The van der Waals surface area contributed by atoms with Gasteiger partial charge in [0, 0.05) is 34.8 Å². The molecule has 1 aromatic heterocycles. The van der Waals surface area contributed by atoms with Gasteiger partial charge in [-0.2, -0.15) is 4.99 Å². The molecule has 0 bridgehead atoms. The lowest BCUT2D eigenvalue weighted by Gasteiger charge is -2.27. The summed E-state index contributed by atoms with van der Waals surface area (Å²) in [5.74, 6) is 0.751. The number of aromatic nitrogens is 1. The van der Waals surface area contributed by atoms with Crippen LogP contribution in [0.25, 0.3) is 39.4 Å². The monoisotopic (exact) mass is 687 g/mol. The second kappa shape index (κ2) is 14.5. The van der Waals surface area contributed by atoms with Crippen LogP contribution in [0.1, 0.15) is 46.4 Å². The fourth-order valence-electron chi connectivity index (χ4n) is 7.40. The summed E-state index contributed by atoms with van der Waals surface area (Å²) in [4.78, 5) is 8.85. The van der Waals surface area contributed by atoms with Gasteiger partial charge in [-0.15, -0.1) is 0 Å². The molecule has 258 valence electrons. The smallest absolute Gasteiger partial charge is 0.224 e. The van der Waals surface area contributed by atoms with Crippen LogP contribution in [0.15, 0.2) is 176 Å². The van der Waals surface area contributed by atoms with E-state index >= 15 is 0 Å². The molecule has 1 N–H and O–H groups in total. The molecule has 0 spiro atoms. The summed E-state index contributed by atoms with van der Waals surface area (Å²) in [5, 5.41) is 10.8. The van der Waals surface area contributed by atoms with Gasteiger partial charge in [-0.3, -0.25) is 5.41 Å². The van der Waals surface area contributed by atoms with Gasteiger partial charge in [0.2, 0.25) is 5.96 Å². The molecular weight excluding hydrogens is 647 g/mol. The van der Waals surface area contributed by atoms with Crippen LogP contribution in [-0.2, 0) is 6.54 Å². The molecule has 5 heteroatoms. The van der Waals surface area contributed by atoms with Crippen molar-refractivity contribution in [1.82, 2.24) is 9.47 Å². The van der Waals surface area contributed by atoms with E-state index < -0.39 is 0 Å². The van der Waals surface area contributed by atoms with Crippen LogP contribution in [-0.4, -0.2) is 28.3 Å². The number of nitrogens with zero attached hydrogens (tertiary/aromatic N) is 4. The fraction of sp³-hybridized carbons (Fsp3) is 0.0833. The summed E-state index contributed by atoms with van der Waals surface area (Å²) in [5.41, 5.74) is 13.0. The molecule has 0 atom stereocenters. The number of anilines is 1. The average molecular weight is 688 g/mol. The summed E-state index contributed by atoms with van der Waals surface area (Å²) in [7, 11) is 1.91. The van der Waals surface area contributed by atoms with E-state index in [0.29, 0.717) is 12.4 Å². The van der Waals surface area contributed by atoms with Crippen molar-refractivity contribution >= 4 is 51.2 Å². The van der Waals surface area contributed by atoms with Crippen molar-refractivity contribution in [2.75, 3.05) is 11.9 Å². The van der Waals surface area contributed by atoms with Crippen LogP contribution in [0, 0.1) is 5.41 Å². The topological polar surface area (TPSA) is 47.6 Å². The minimum absolute atomic E-state index is 0.114. The highest BCUT2D eigenvalue weighted by atomic mass is 15.3. The Morgan fingerprint density at radius 1 is 0.792 bits per heavy atom. The highest BCUT2D eigenvalue weighted by molar-refractivity contribution is 6.10. The Morgan fingerprint density at radius 3 is 2.26 bits per heavy atom. The molecule has 0 saturated carbocycles. The Bertz CT molecular complexity index is 2480. The van der Waals surface area contributed by atoms with Crippen LogP contribution in [0.5, 0.6) is 0 Å². The van der Waals surface area contributed by atoms with Gasteiger partial charge in [0.15, 0.2) is 0 Å². The lowest BCUT2D eigenvalue weighted by Crippen LogP contribution is -2.33. The average Bonchev–Trinajstić information content (AvgIpc) is 3.55. The number of nitrogens with one attached hydrogen (secondary N) is 1. The highest BCUT2D eigenvalue weighted by Gasteiger charge is 2.26. The molecule has 8 rings (SSSR count). The summed E-state index contributed by atoms with van der Waals surface area (Å²) in [6, 6.07) is 46.2. The van der Waals surface area contributed by atoms with E-state index in [1.54, 1.807) is 6.20 Å². The van der Waals surface area contributed by atoms with Gasteiger partial charge in [-0.05, 0) is 71.2 Å². The molecule has 0 radical (unpaired) electrons. The van der Waals surface area contributed by atoms with Crippen molar-refractivity contribution < 1.29 is 0 Å². The molecule has 53 heavy (non-hydrogen) atoms. The largest absolute Gasteiger partial charge is 0.336 e. The summed E-state index contributed by atoms with van der Waals surface area (Å²) in [6.07, 6.45) is 12.7. The lowest BCUT2D eigenvalue weighted by atomic mass is 9.91. The summed E-state index contributed by atoms with van der Waals surface area (Å²) in [6.45, 7) is 8.88. The molecule has 0 unspecified atom stereocenters. The van der Waals surface area contributed by atoms with Crippen LogP contribution < -0.4 is 4.90 Å². The van der Waals surface area contributed by atoms with Crippen molar-refractivity contribution in [3.05, 3.63) is 205 Å². The maximum Gasteiger partial charge on any atom is 0.224 e. The van der Waals surface area contributed by atoms with E-state index in [0.717, 1.165) is 63.1 Å². The molecule has 2 aliphatic rings. The molecule has 6 aromatic rings. The van der Waals surface area contributed by atoms with E-state index in [4.69, 9.17) is 4.99 Å². The van der Waals surface area contributed by atoms with Gasteiger partial charge in [0.25, 0.3) is 0 Å². The van der Waals surface area contributed by atoms with Crippen molar-refractivity contribution in [2.24, 2.45) is 4.99 Å². The predicted octanol–water partition coefficient (Wildman–Crippen LogP) is 11.4.